The van der Waals surface area contributed by atoms with Gasteiger partial charge in [0.2, 0.25) is 0 Å². The van der Waals surface area contributed by atoms with Gasteiger partial charge in [-0.3, -0.25) is 0 Å². The zero-order valence-corrected chi connectivity index (χ0v) is 5.70. The van der Waals surface area contributed by atoms with Crippen molar-refractivity contribution in [1.82, 2.24) is 0 Å². The van der Waals surface area contributed by atoms with E-state index in [1.165, 1.54) is 0 Å². The van der Waals surface area contributed by atoms with E-state index in [9.17, 15) is 0 Å². The highest BCUT2D eigenvalue weighted by molar-refractivity contribution is 4.22. The minimum atomic E-state index is 0.750. The molecule has 0 aromatic rings. The molecule has 0 saturated carbocycles. The molecule has 7 heavy (non-hydrogen) atoms. The van der Waals surface area contributed by atoms with E-state index in [0.717, 1.165) is 6.54 Å². The van der Waals surface area contributed by atoms with Crippen molar-refractivity contribution >= 4 is 0 Å². The molecule has 0 unspecified atom stereocenters. The Balaban J connectivity index is -0.0000000360. The first-order chi connectivity index (χ1) is 3.41. The summed E-state index contributed by atoms with van der Waals surface area (Å²) in [5.41, 5.74) is 4.85. The monoisotopic (exact) mass is 103 g/mol. The molecule has 0 rings (SSSR count). The van der Waals surface area contributed by atoms with Crippen LogP contribution in [0.2, 0.25) is 0 Å². The lowest BCUT2D eigenvalue weighted by Gasteiger charge is -1.53. The van der Waals surface area contributed by atoms with Gasteiger partial charge in [0.1, 0.15) is 0 Å². The summed E-state index contributed by atoms with van der Waals surface area (Å²) in [5, 5.41) is 0. The van der Waals surface area contributed by atoms with E-state index in [1.807, 2.05) is 20.8 Å². The molecule has 1 heteroatoms. The van der Waals surface area contributed by atoms with E-state index in [1.54, 1.807) is 0 Å². The molecule has 0 aromatic carbocycles. The minimum Gasteiger partial charge on any atom is -0.331 e. The summed E-state index contributed by atoms with van der Waals surface area (Å²) in [6.07, 6.45) is 0. The molecule has 0 fully saturated rings. The molecule has 0 heterocycles. The maximum atomic E-state index is 4.85. The van der Waals surface area contributed by atoms with Crippen LogP contribution < -0.4 is 5.73 Å². The van der Waals surface area contributed by atoms with Gasteiger partial charge in [-0.1, -0.05) is 20.8 Å². The van der Waals surface area contributed by atoms with Gasteiger partial charge in [0.15, 0.2) is 0 Å². The second kappa shape index (κ2) is 257. The molecule has 0 radical (unpaired) electrons. The summed E-state index contributed by atoms with van der Waals surface area (Å²) in [7, 11) is 0. The van der Waals surface area contributed by atoms with Crippen molar-refractivity contribution in [3.8, 4) is 0 Å². The Morgan fingerprint density at radius 3 is 1.29 bits per heavy atom. The predicted molar refractivity (Wildman–Crippen MR) is 37.3 cm³/mol. The summed E-state index contributed by atoms with van der Waals surface area (Å²) in [4.78, 5) is 0. The molecule has 0 aliphatic rings. The van der Waals surface area contributed by atoms with Crippen LogP contribution in [0.3, 0.4) is 0 Å². The van der Waals surface area contributed by atoms with Crippen LogP contribution in [0.25, 0.3) is 0 Å². The van der Waals surface area contributed by atoms with Crippen molar-refractivity contribution < 1.29 is 0 Å². The lowest BCUT2D eigenvalue weighted by Crippen LogP contribution is -1.87. The number of hydrogen-bond acceptors (Lipinski definition) is 1. The first kappa shape index (κ1) is 15.9. The minimum absolute atomic E-state index is 0.750. The molecule has 0 bridgehead atoms. The number of rotatable bonds is 0. The van der Waals surface area contributed by atoms with Gasteiger partial charge >= 0.3 is 0 Å². The Labute approximate surface area is 47.2 Å². The average Bonchev–Trinajstić information content (AvgIpc) is 1.78. The van der Waals surface area contributed by atoms with Gasteiger partial charge < -0.3 is 5.73 Å². The zero-order valence-electron chi connectivity index (χ0n) is 5.70. The highest BCUT2D eigenvalue weighted by Gasteiger charge is 1.32. The standard InChI is InChI=1S/C2H7N.C2H6.C2H4/c1-2-3;2*1-2/h2-3H2,1H3;1-2H3;1-2H2. The molecule has 1 nitrogen and oxygen atoms in total. The highest BCUT2D eigenvalue weighted by Crippen LogP contribution is 1.20. The fourth-order valence-corrected chi connectivity index (χ4v) is 0. The highest BCUT2D eigenvalue weighted by atomic mass is 14.5. The van der Waals surface area contributed by atoms with Crippen molar-refractivity contribution in [1.29, 1.82) is 0 Å². The Kier molecular flexibility index (Phi) is 584. The summed E-state index contributed by atoms with van der Waals surface area (Å²) in [6, 6.07) is 0. The predicted octanol–water partition coefficient (Wildman–Crippen LogP) is 1.79. The molecule has 2 N–H and O–H groups in total. The molecule has 0 aliphatic carbocycles. The van der Waals surface area contributed by atoms with Crippen LogP contribution >= 0.6 is 0 Å². The van der Waals surface area contributed by atoms with Crippen molar-refractivity contribution in [2.45, 2.75) is 20.8 Å². The smallest absolute Gasteiger partial charge is 0.0106 e. The molecule has 0 saturated heterocycles. The topological polar surface area (TPSA) is 26.0 Å². The van der Waals surface area contributed by atoms with Gasteiger partial charge in [0.25, 0.3) is 0 Å². The second-order valence-corrected chi connectivity index (χ2v) is 0.408. The molecular weight excluding hydrogens is 86.1 g/mol. The molecule has 46 valence electrons. The molecule has 0 aliphatic heterocycles. The number of hydrogen-bond donors (Lipinski definition) is 1. The SMILES string of the molecule is C=C.CC.CCN. The lowest BCUT2D eigenvalue weighted by atomic mass is 10.8. The Morgan fingerprint density at radius 1 is 1.29 bits per heavy atom. The third-order valence-corrected chi connectivity index (χ3v) is 0. The Bertz CT molecular complexity index is 8.14. The third-order valence-electron chi connectivity index (χ3n) is 0. The van der Waals surface area contributed by atoms with Gasteiger partial charge in [-0.25, -0.2) is 0 Å². The third kappa shape index (κ3) is 867. The van der Waals surface area contributed by atoms with Crippen LogP contribution in [0.15, 0.2) is 13.2 Å². The van der Waals surface area contributed by atoms with Gasteiger partial charge in [0.05, 0.1) is 0 Å². The maximum absolute atomic E-state index is 4.85. The summed E-state index contributed by atoms with van der Waals surface area (Å²) >= 11 is 0. The van der Waals surface area contributed by atoms with Crippen molar-refractivity contribution in [3.05, 3.63) is 13.2 Å². The average molecular weight is 103 g/mol. The van der Waals surface area contributed by atoms with Crippen LogP contribution in [0.1, 0.15) is 20.8 Å². The van der Waals surface area contributed by atoms with Gasteiger partial charge in [-0.15, -0.1) is 13.2 Å². The van der Waals surface area contributed by atoms with Crippen LogP contribution in [0.4, 0.5) is 0 Å². The van der Waals surface area contributed by atoms with Crippen molar-refractivity contribution in [2.75, 3.05) is 6.54 Å². The van der Waals surface area contributed by atoms with E-state index < -0.39 is 0 Å². The molecule has 0 spiro atoms. The van der Waals surface area contributed by atoms with E-state index in [-0.39, 0.29) is 0 Å². The van der Waals surface area contributed by atoms with E-state index >= 15 is 0 Å². The van der Waals surface area contributed by atoms with Crippen LogP contribution in [0.5, 0.6) is 0 Å². The lowest BCUT2D eigenvalue weighted by molar-refractivity contribution is 1.14. The molecule has 0 amide bonds. The van der Waals surface area contributed by atoms with Gasteiger partial charge in [-0.2, -0.15) is 0 Å². The first-order valence-corrected chi connectivity index (χ1v) is 2.62. The summed E-state index contributed by atoms with van der Waals surface area (Å²) in [5.74, 6) is 0. The van der Waals surface area contributed by atoms with E-state index in [0.29, 0.717) is 0 Å². The number of nitrogens with two attached hydrogens (primary N) is 1. The normalized spacial score (nSPS) is 4.00. The summed E-state index contributed by atoms with van der Waals surface area (Å²) < 4.78 is 0. The molecule has 0 aromatic heterocycles. The fraction of sp³-hybridized carbons (Fsp3) is 0.667. The largest absolute Gasteiger partial charge is 0.331 e. The van der Waals surface area contributed by atoms with E-state index in [4.69, 9.17) is 5.73 Å². The van der Waals surface area contributed by atoms with Crippen molar-refractivity contribution in [2.24, 2.45) is 5.73 Å². The second-order valence-electron chi connectivity index (χ2n) is 0.408. The Morgan fingerprint density at radius 2 is 1.29 bits per heavy atom. The van der Waals surface area contributed by atoms with E-state index in [2.05, 4.69) is 13.2 Å². The zero-order chi connectivity index (χ0) is 6.71. The molecular formula is C6H17N. The first-order valence-electron chi connectivity index (χ1n) is 2.62. The van der Waals surface area contributed by atoms with Crippen LogP contribution in [-0.4, -0.2) is 6.54 Å². The van der Waals surface area contributed by atoms with Crippen LogP contribution in [-0.2, 0) is 0 Å². The van der Waals surface area contributed by atoms with Crippen molar-refractivity contribution in [3.63, 3.8) is 0 Å². The fourth-order valence-electron chi connectivity index (χ4n) is 0. The molecule has 0 atom stereocenters. The quantitative estimate of drug-likeness (QED) is 0.465. The van der Waals surface area contributed by atoms with Gasteiger partial charge in [0, 0.05) is 0 Å². The van der Waals surface area contributed by atoms with Crippen LogP contribution in [0, 0.1) is 0 Å². The van der Waals surface area contributed by atoms with Gasteiger partial charge in [-0.05, 0) is 6.54 Å². The summed E-state index contributed by atoms with van der Waals surface area (Å²) in [6.45, 7) is 12.7. The Hall–Kier alpha value is -0.300. The maximum Gasteiger partial charge on any atom is -0.0106 e.